The molecule has 8 nitrogen and oxygen atoms in total. The number of likely N-dealkylation sites (tertiary alicyclic amines) is 1. The molecule has 4 rings (SSSR count). The van der Waals surface area contributed by atoms with Gasteiger partial charge >= 0.3 is 0 Å². The summed E-state index contributed by atoms with van der Waals surface area (Å²) in [6.45, 7) is 2.79. The third kappa shape index (κ3) is 3.79. The van der Waals surface area contributed by atoms with E-state index in [-0.39, 0.29) is 28.7 Å². The van der Waals surface area contributed by atoms with Gasteiger partial charge < -0.3 is 15.0 Å². The molecule has 2 heterocycles. The second-order valence-corrected chi connectivity index (χ2v) is 9.12. The Balaban J connectivity index is 1.41. The largest absolute Gasteiger partial charge is 0.479 e. The van der Waals surface area contributed by atoms with Crippen molar-refractivity contribution in [2.24, 2.45) is 5.92 Å². The van der Waals surface area contributed by atoms with Crippen molar-refractivity contribution in [3.8, 4) is 5.75 Å². The molecule has 2 amide bonds. The average molecular weight is 393 g/mol. The number of piperidine rings is 1. The number of sulfonamides is 1. The fourth-order valence-electron chi connectivity index (χ4n) is 3.45. The minimum Gasteiger partial charge on any atom is -0.479 e. The summed E-state index contributed by atoms with van der Waals surface area (Å²) in [4.78, 5) is 25.8. The predicted molar refractivity (Wildman–Crippen MR) is 97.8 cm³/mol. The van der Waals surface area contributed by atoms with Crippen LogP contribution in [0.25, 0.3) is 0 Å². The van der Waals surface area contributed by atoms with Crippen molar-refractivity contribution in [1.29, 1.82) is 0 Å². The molecule has 146 valence electrons. The highest BCUT2D eigenvalue weighted by Crippen LogP contribution is 2.33. The van der Waals surface area contributed by atoms with Gasteiger partial charge in [-0.05, 0) is 50.8 Å². The maximum atomic E-state index is 12.7. The van der Waals surface area contributed by atoms with Gasteiger partial charge in [-0.3, -0.25) is 9.59 Å². The minimum absolute atomic E-state index is 0.0798. The van der Waals surface area contributed by atoms with Gasteiger partial charge in [0.05, 0.1) is 10.6 Å². The van der Waals surface area contributed by atoms with Gasteiger partial charge in [-0.15, -0.1) is 0 Å². The number of amides is 2. The van der Waals surface area contributed by atoms with E-state index < -0.39 is 16.1 Å². The monoisotopic (exact) mass is 393 g/mol. The van der Waals surface area contributed by atoms with Crippen LogP contribution < -0.4 is 14.8 Å². The summed E-state index contributed by atoms with van der Waals surface area (Å²) >= 11 is 0. The molecule has 9 heteroatoms. The smallest absolute Gasteiger partial charge is 0.265 e. The summed E-state index contributed by atoms with van der Waals surface area (Å²) in [5.74, 6) is 0.538. The highest BCUT2D eigenvalue weighted by Gasteiger charge is 2.35. The van der Waals surface area contributed by atoms with E-state index in [9.17, 15) is 18.0 Å². The summed E-state index contributed by atoms with van der Waals surface area (Å²) in [6.07, 6.45) is 2.53. The van der Waals surface area contributed by atoms with E-state index >= 15 is 0 Å². The first-order chi connectivity index (χ1) is 12.8. The Bertz CT molecular complexity index is 873. The molecule has 0 aromatic heterocycles. The van der Waals surface area contributed by atoms with Crippen molar-refractivity contribution in [1.82, 2.24) is 9.62 Å². The fourth-order valence-corrected chi connectivity index (χ4v) is 4.78. The number of nitrogens with zero attached hydrogens (tertiary/aromatic N) is 1. The van der Waals surface area contributed by atoms with E-state index in [1.807, 2.05) is 4.90 Å². The van der Waals surface area contributed by atoms with E-state index in [0.29, 0.717) is 37.4 Å². The van der Waals surface area contributed by atoms with Crippen molar-refractivity contribution >= 4 is 27.5 Å². The zero-order chi connectivity index (χ0) is 19.2. The molecule has 1 saturated carbocycles. The van der Waals surface area contributed by atoms with Crippen molar-refractivity contribution < 1.29 is 22.7 Å². The lowest BCUT2D eigenvalue weighted by molar-refractivity contribution is -0.133. The molecular formula is C18H23N3O5S. The van der Waals surface area contributed by atoms with Crippen LogP contribution in [0.3, 0.4) is 0 Å². The topological polar surface area (TPSA) is 105 Å². The molecule has 27 heavy (non-hydrogen) atoms. The number of nitrogens with one attached hydrogen (secondary N) is 2. The lowest BCUT2D eigenvalue weighted by Gasteiger charge is -2.32. The molecule has 1 saturated heterocycles. The molecular weight excluding hydrogens is 370 g/mol. The molecule has 3 aliphatic rings. The van der Waals surface area contributed by atoms with Crippen LogP contribution in [0.2, 0.25) is 0 Å². The predicted octanol–water partition coefficient (Wildman–Crippen LogP) is 1.09. The van der Waals surface area contributed by atoms with Crippen molar-refractivity contribution in [3.05, 3.63) is 18.2 Å². The fraction of sp³-hybridized carbons (Fsp3) is 0.556. The van der Waals surface area contributed by atoms with E-state index in [1.165, 1.54) is 12.1 Å². The van der Waals surface area contributed by atoms with Crippen molar-refractivity contribution in [3.63, 3.8) is 0 Å². The Morgan fingerprint density at radius 1 is 1.22 bits per heavy atom. The third-order valence-corrected chi connectivity index (χ3v) is 6.77. The number of hydrogen-bond acceptors (Lipinski definition) is 5. The lowest BCUT2D eigenvalue weighted by Crippen LogP contribution is -2.46. The second-order valence-electron chi connectivity index (χ2n) is 7.40. The van der Waals surface area contributed by atoms with Crippen LogP contribution in [-0.4, -0.2) is 50.4 Å². The Labute approximate surface area is 158 Å². The quantitative estimate of drug-likeness (QED) is 0.797. The normalized spacial score (nSPS) is 23.4. The molecule has 1 atom stereocenters. The highest BCUT2D eigenvalue weighted by molar-refractivity contribution is 7.89. The lowest BCUT2D eigenvalue weighted by atomic mass is 10.1. The van der Waals surface area contributed by atoms with Crippen LogP contribution in [0.15, 0.2) is 23.1 Å². The summed E-state index contributed by atoms with van der Waals surface area (Å²) in [7, 11) is -3.73. The van der Waals surface area contributed by atoms with Crippen LogP contribution in [0.4, 0.5) is 5.69 Å². The Hall–Kier alpha value is -2.13. The zero-order valence-corrected chi connectivity index (χ0v) is 15.9. The molecule has 1 aromatic carbocycles. The Morgan fingerprint density at radius 2 is 1.93 bits per heavy atom. The second kappa shape index (κ2) is 6.79. The number of ether oxygens (including phenoxy) is 1. The number of carbonyl (C=O) groups excluding carboxylic acids is 2. The molecule has 1 aliphatic carbocycles. The minimum atomic E-state index is -3.73. The van der Waals surface area contributed by atoms with Gasteiger partial charge in [0.1, 0.15) is 5.75 Å². The average Bonchev–Trinajstić information content (AvgIpc) is 3.47. The standard InChI is InChI=1S/C18H23N3O5S/c1-11-17(22)19-15-10-14(4-5-16(15)26-11)27(24,25)20-13-6-8-21(9-7-13)18(23)12-2-3-12/h4-5,10-13,20H,2-3,6-9H2,1H3,(H,19,22)/t11-/m0/s1. The van der Waals surface area contributed by atoms with Gasteiger partial charge in [-0.25, -0.2) is 13.1 Å². The van der Waals surface area contributed by atoms with Gasteiger partial charge in [-0.1, -0.05) is 0 Å². The van der Waals surface area contributed by atoms with Crippen LogP contribution in [0, 0.1) is 5.92 Å². The number of hydrogen-bond donors (Lipinski definition) is 2. The van der Waals surface area contributed by atoms with Crippen LogP contribution in [-0.2, 0) is 19.6 Å². The van der Waals surface area contributed by atoms with Crippen molar-refractivity contribution in [2.45, 2.75) is 49.6 Å². The van der Waals surface area contributed by atoms with Crippen LogP contribution in [0.1, 0.15) is 32.6 Å². The van der Waals surface area contributed by atoms with Crippen molar-refractivity contribution in [2.75, 3.05) is 18.4 Å². The van der Waals surface area contributed by atoms with Gasteiger partial charge in [0.15, 0.2) is 6.10 Å². The van der Waals surface area contributed by atoms with Gasteiger partial charge in [0.25, 0.3) is 5.91 Å². The summed E-state index contributed by atoms with van der Waals surface area (Å²) in [5.41, 5.74) is 0.353. The maximum Gasteiger partial charge on any atom is 0.265 e. The van der Waals surface area contributed by atoms with Gasteiger partial charge in [0, 0.05) is 25.0 Å². The number of carbonyl (C=O) groups is 2. The number of fused-ring (bicyclic) bond motifs is 1. The highest BCUT2D eigenvalue weighted by atomic mass is 32.2. The summed E-state index contributed by atoms with van der Waals surface area (Å²) < 4.78 is 33.6. The number of benzene rings is 1. The summed E-state index contributed by atoms with van der Waals surface area (Å²) in [5, 5.41) is 2.66. The van der Waals surface area contributed by atoms with Gasteiger partial charge in [-0.2, -0.15) is 0 Å². The molecule has 0 bridgehead atoms. The molecule has 0 unspecified atom stereocenters. The van der Waals surface area contributed by atoms with E-state index in [1.54, 1.807) is 13.0 Å². The zero-order valence-electron chi connectivity index (χ0n) is 15.1. The third-order valence-electron chi connectivity index (χ3n) is 5.25. The number of anilines is 1. The molecule has 0 spiro atoms. The van der Waals surface area contributed by atoms with Crippen LogP contribution in [0.5, 0.6) is 5.75 Å². The van der Waals surface area contributed by atoms with Crippen LogP contribution >= 0.6 is 0 Å². The van der Waals surface area contributed by atoms with E-state index in [0.717, 1.165) is 12.8 Å². The Morgan fingerprint density at radius 3 is 2.59 bits per heavy atom. The molecule has 0 radical (unpaired) electrons. The Kier molecular flexibility index (Phi) is 4.59. The molecule has 2 fully saturated rings. The molecule has 2 aliphatic heterocycles. The first-order valence-electron chi connectivity index (χ1n) is 9.26. The van der Waals surface area contributed by atoms with E-state index in [2.05, 4.69) is 10.0 Å². The molecule has 1 aromatic rings. The van der Waals surface area contributed by atoms with Gasteiger partial charge in [0.2, 0.25) is 15.9 Å². The first-order valence-corrected chi connectivity index (χ1v) is 10.7. The summed E-state index contributed by atoms with van der Waals surface area (Å²) in [6, 6.07) is 4.22. The number of rotatable bonds is 4. The maximum absolute atomic E-state index is 12.7. The SMILES string of the molecule is C[C@@H]1Oc2ccc(S(=O)(=O)NC3CCN(C(=O)C4CC4)CC3)cc2NC1=O. The molecule has 2 N–H and O–H groups in total. The first kappa shape index (κ1) is 18.2. The van der Waals surface area contributed by atoms with E-state index in [4.69, 9.17) is 4.74 Å².